The Balaban J connectivity index is 1.32. The van der Waals surface area contributed by atoms with E-state index in [1.807, 2.05) is 32.9 Å². The lowest BCUT2D eigenvalue weighted by molar-refractivity contribution is 0.302. The van der Waals surface area contributed by atoms with Crippen molar-refractivity contribution in [1.29, 1.82) is 0 Å². The molecule has 160 valence electrons. The van der Waals surface area contributed by atoms with Crippen LogP contribution in [0.3, 0.4) is 0 Å². The van der Waals surface area contributed by atoms with Crippen LogP contribution in [-0.4, -0.2) is 40.6 Å². The molecule has 0 saturated heterocycles. The lowest BCUT2D eigenvalue weighted by atomic mass is 9.91. The summed E-state index contributed by atoms with van der Waals surface area (Å²) < 4.78 is 3.43. The van der Waals surface area contributed by atoms with Crippen molar-refractivity contribution in [2.24, 2.45) is 0 Å². The van der Waals surface area contributed by atoms with Crippen LogP contribution in [0.5, 0.6) is 0 Å². The van der Waals surface area contributed by atoms with E-state index in [2.05, 4.69) is 30.5 Å². The van der Waals surface area contributed by atoms with Gasteiger partial charge in [-0.1, -0.05) is 0 Å². The largest absolute Gasteiger partial charge is 0.365 e. The second-order valence-corrected chi connectivity index (χ2v) is 8.40. The average Bonchev–Trinajstić information content (AvgIpc) is 3.30. The van der Waals surface area contributed by atoms with Gasteiger partial charge in [0.25, 0.3) is 5.56 Å². The van der Waals surface area contributed by atoms with Gasteiger partial charge in [-0.05, 0) is 64.7 Å². The first-order valence-electron chi connectivity index (χ1n) is 10.7. The van der Waals surface area contributed by atoms with E-state index in [9.17, 15) is 4.79 Å². The van der Waals surface area contributed by atoms with E-state index >= 15 is 0 Å². The summed E-state index contributed by atoms with van der Waals surface area (Å²) in [5.41, 5.74) is 4.79. The normalized spacial score (nSPS) is 19.1. The van der Waals surface area contributed by atoms with E-state index in [1.54, 1.807) is 27.8 Å². The molecule has 2 N–H and O–H groups in total. The van der Waals surface area contributed by atoms with E-state index in [4.69, 9.17) is 0 Å². The van der Waals surface area contributed by atoms with E-state index < -0.39 is 0 Å². The van der Waals surface area contributed by atoms with Crippen molar-refractivity contribution in [3.05, 3.63) is 58.0 Å². The molecule has 0 spiro atoms. The van der Waals surface area contributed by atoms with Gasteiger partial charge in [0.05, 0.1) is 17.3 Å². The van der Waals surface area contributed by atoms with Gasteiger partial charge >= 0.3 is 0 Å². The van der Waals surface area contributed by atoms with E-state index in [0.717, 1.165) is 59.6 Å². The molecule has 0 bridgehead atoms. The number of aryl methyl sites for hydroxylation is 3. The standard InChI is InChI=1S/C22H26N8O/c1-13-11-18-21(25-13)22(24-12-23-18)26-16-4-6-17(7-5-16)30-20(31)9-8-19(28-30)29-15(3)10-14(2)27-29/h8-12,16-17,25H,4-7H2,1-3H3,(H,23,24,26). The van der Waals surface area contributed by atoms with Crippen molar-refractivity contribution in [3.8, 4) is 5.82 Å². The molecule has 9 nitrogen and oxygen atoms in total. The van der Waals surface area contributed by atoms with Crippen LogP contribution in [0.2, 0.25) is 0 Å². The molecule has 4 aromatic heterocycles. The lowest BCUT2D eigenvalue weighted by Crippen LogP contribution is -2.33. The lowest BCUT2D eigenvalue weighted by Gasteiger charge is -2.30. The van der Waals surface area contributed by atoms with Crippen LogP contribution in [-0.2, 0) is 0 Å². The van der Waals surface area contributed by atoms with Gasteiger partial charge in [0, 0.05) is 23.5 Å². The minimum Gasteiger partial charge on any atom is -0.365 e. The highest BCUT2D eigenvalue weighted by atomic mass is 16.1. The van der Waals surface area contributed by atoms with Gasteiger partial charge in [-0.25, -0.2) is 19.3 Å². The summed E-state index contributed by atoms with van der Waals surface area (Å²) in [6, 6.07) is 7.74. The van der Waals surface area contributed by atoms with Crippen LogP contribution < -0.4 is 10.9 Å². The topological polar surface area (TPSA) is 106 Å². The molecule has 4 aromatic rings. The van der Waals surface area contributed by atoms with Crippen molar-refractivity contribution in [2.45, 2.75) is 58.5 Å². The quantitative estimate of drug-likeness (QED) is 0.527. The van der Waals surface area contributed by atoms with Crippen molar-refractivity contribution in [3.63, 3.8) is 0 Å². The monoisotopic (exact) mass is 418 g/mol. The molecule has 0 radical (unpaired) electrons. The summed E-state index contributed by atoms with van der Waals surface area (Å²) in [6.07, 6.45) is 5.23. The Kier molecular flexibility index (Phi) is 4.80. The predicted octanol–water partition coefficient (Wildman–Crippen LogP) is 3.22. The molecule has 31 heavy (non-hydrogen) atoms. The van der Waals surface area contributed by atoms with Crippen LogP contribution in [0.15, 0.2) is 35.4 Å². The number of anilines is 1. The highest BCUT2D eigenvalue weighted by Crippen LogP contribution is 2.30. The second-order valence-electron chi connectivity index (χ2n) is 8.40. The third kappa shape index (κ3) is 3.71. The molecule has 1 aliphatic rings. The Hall–Kier alpha value is -3.49. The van der Waals surface area contributed by atoms with Crippen LogP contribution >= 0.6 is 0 Å². The zero-order valence-corrected chi connectivity index (χ0v) is 18.0. The number of H-pyrrole nitrogens is 1. The molecule has 1 fully saturated rings. The first-order valence-corrected chi connectivity index (χ1v) is 10.7. The molecule has 4 heterocycles. The maximum Gasteiger partial charge on any atom is 0.267 e. The number of aromatic nitrogens is 7. The number of hydrogen-bond acceptors (Lipinski definition) is 6. The molecule has 0 amide bonds. The molecule has 1 saturated carbocycles. The molecule has 0 atom stereocenters. The molecule has 0 aromatic carbocycles. The Bertz CT molecular complexity index is 1290. The molecule has 0 aliphatic heterocycles. The van der Waals surface area contributed by atoms with Crippen LogP contribution in [0.1, 0.15) is 48.8 Å². The van der Waals surface area contributed by atoms with Gasteiger partial charge < -0.3 is 10.3 Å². The Morgan fingerprint density at radius 2 is 1.84 bits per heavy atom. The SMILES string of the molecule is Cc1cc(C)n(-c2ccc(=O)n(C3CCC(Nc4ncnc5cc(C)[nH]c45)CC3)n2)n1. The number of nitrogens with one attached hydrogen (secondary N) is 2. The molecule has 0 unspecified atom stereocenters. The molecular weight excluding hydrogens is 392 g/mol. The maximum absolute atomic E-state index is 12.5. The Morgan fingerprint density at radius 1 is 1.03 bits per heavy atom. The van der Waals surface area contributed by atoms with Gasteiger partial charge in [0.2, 0.25) is 0 Å². The molecule has 1 aliphatic carbocycles. The summed E-state index contributed by atoms with van der Waals surface area (Å²) in [4.78, 5) is 24.6. The minimum absolute atomic E-state index is 0.0685. The third-order valence-corrected chi connectivity index (χ3v) is 5.97. The first-order chi connectivity index (χ1) is 15.0. The minimum atomic E-state index is -0.0685. The number of rotatable bonds is 4. The van der Waals surface area contributed by atoms with E-state index in [0.29, 0.717) is 11.9 Å². The maximum atomic E-state index is 12.5. The zero-order valence-electron chi connectivity index (χ0n) is 18.0. The summed E-state index contributed by atoms with van der Waals surface area (Å²) in [5, 5.41) is 12.7. The van der Waals surface area contributed by atoms with E-state index in [1.165, 1.54) is 0 Å². The summed E-state index contributed by atoms with van der Waals surface area (Å²) >= 11 is 0. The van der Waals surface area contributed by atoms with Gasteiger partial charge in [-0.15, -0.1) is 5.10 Å². The van der Waals surface area contributed by atoms with Crippen molar-refractivity contribution < 1.29 is 0 Å². The van der Waals surface area contributed by atoms with Gasteiger partial charge in [-0.2, -0.15) is 5.10 Å². The van der Waals surface area contributed by atoms with Crippen LogP contribution in [0.25, 0.3) is 16.9 Å². The number of nitrogens with zero attached hydrogens (tertiary/aromatic N) is 6. The Labute approximate surface area is 179 Å². The van der Waals surface area contributed by atoms with Crippen LogP contribution in [0.4, 0.5) is 5.82 Å². The van der Waals surface area contributed by atoms with Gasteiger partial charge in [0.1, 0.15) is 11.8 Å². The highest BCUT2D eigenvalue weighted by molar-refractivity contribution is 5.86. The molecule has 5 rings (SSSR count). The third-order valence-electron chi connectivity index (χ3n) is 5.97. The van der Waals surface area contributed by atoms with Crippen LogP contribution in [0, 0.1) is 20.8 Å². The fraction of sp³-hybridized carbons (Fsp3) is 0.409. The van der Waals surface area contributed by atoms with Gasteiger partial charge in [-0.3, -0.25) is 4.79 Å². The van der Waals surface area contributed by atoms with Crippen molar-refractivity contribution >= 4 is 16.9 Å². The molecule has 9 heteroatoms. The van der Waals surface area contributed by atoms with Gasteiger partial charge in [0.15, 0.2) is 11.6 Å². The smallest absolute Gasteiger partial charge is 0.267 e. The number of aromatic amines is 1. The molecular formula is C22H26N8O. The van der Waals surface area contributed by atoms with Crippen molar-refractivity contribution in [2.75, 3.05) is 5.32 Å². The van der Waals surface area contributed by atoms with E-state index in [-0.39, 0.29) is 11.6 Å². The average molecular weight is 419 g/mol. The Morgan fingerprint density at radius 3 is 2.58 bits per heavy atom. The summed E-state index contributed by atoms with van der Waals surface area (Å²) in [5.74, 6) is 1.51. The second kappa shape index (κ2) is 7.64. The summed E-state index contributed by atoms with van der Waals surface area (Å²) in [6.45, 7) is 5.96. The predicted molar refractivity (Wildman–Crippen MR) is 119 cm³/mol. The summed E-state index contributed by atoms with van der Waals surface area (Å²) in [7, 11) is 0. The first kappa shape index (κ1) is 19.5. The highest BCUT2D eigenvalue weighted by Gasteiger charge is 2.25. The van der Waals surface area contributed by atoms with Crippen molar-refractivity contribution in [1.82, 2.24) is 34.5 Å². The number of fused-ring (bicyclic) bond motifs is 1. The fourth-order valence-electron chi connectivity index (χ4n) is 4.49. The zero-order chi connectivity index (χ0) is 21.5. The fourth-order valence-corrected chi connectivity index (χ4v) is 4.49. The number of hydrogen-bond donors (Lipinski definition) is 2.